The summed E-state index contributed by atoms with van der Waals surface area (Å²) >= 11 is 1.65. The third-order valence-electron chi connectivity index (χ3n) is 4.75. The van der Waals surface area contributed by atoms with E-state index in [1.807, 2.05) is 29.7 Å². The number of hydrogen-bond donors (Lipinski definition) is 1. The van der Waals surface area contributed by atoms with E-state index < -0.39 is 0 Å². The highest BCUT2D eigenvalue weighted by molar-refractivity contribution is 8.02. The number of nitrogens with one attached hydrogen (secondary N) is 1. The zero-order valence-electron chi connectivity index (χ0n) is 15.0. The molecule has 26 heavy (non-hydrogen) atoms. The van der Waals surface area contributed by atoms with Crippen molar-refractivity contribution >= 4 is 23.4 Å². The fourth-order valence-electron chi connectivity index (χ4n) is 3.23. The summed E-state index contributed by atoms with van der Waals surface area (Å²) in [6.45, 7) is 5.38. The van der Waals surface area contributed by atoms with Gasteiger partial charge in [-0.05, 0) is 36.9 Å². The summed E-state index contributed by atoms with van der Waals surface area (Å²) in [4.78, 5) is 16.5. The van der Waals surface area contributed by atoms with E-state index in [2.05, 4.69) is 15.1 Å². The van der Waals surface area contributed by atoms with E-state index in [9.17, 15) is 9.18 Å². The summed E-state index contributed by atoms with van der Waals surface area (Å²) in [6.07, 6.45) is 5.86. The maximum absolute atomic E-state index is 13.9. The van der Waals surface area contributed by atoms with Gasteiger partial charge in [-0.3, -0.25) is 9.69 Å². The van der Waals surface area contributed by atoms with Gasteiger partial charge in [-0.25, -0.2) is 4.39 Å². The van der Waals surface area contributed by atoms with E-state index in [4.69, 9.17) is 0 Å². The molecular weight excluding hydrogens is 349 g/mol. The standard InChI is InChI=1S/C20H26FN3OS/c21-18-7-1-2-8-19(18)24-13-11-23(12-14-24)10-4-3-9-22-20(25)17-6-5-15-26-16-17/h1-2,5-8,15H,3-4,9-14,16H2,(H,22,25). The van der Waals surface area contributed by atoms with Crippen molar-refractivity contribution in [2.24, 2.45) is 0 Å². The van der Waals surface area contributed by atoms with Crippen molar-refractivity contribution in [1.82, 2.24) is 10.2 Å². The quantitative estimate of drug-likeness (QED) is 0.743. The number of nitrogens with zero attached hydrogens (tertiary/aromatic N) is 2. The Balaban J connectivity index is 1.30. The topological polar surface area (TPSA) is 35.6 Å². The van der Waals surface area contributed by atoms with Crippen LogP contribution >= 0.6 is 11.8 Å². The van der Waals surface area contributed by atoms with Gasteiger partial charge in [-0.15, -0.1) is 11.8 Å². The van der Waals surface area contributed by atoms with Crippen molar-refractivity contribution in [3.05, 3.63) is 53.2 Å². The lowest BCUT2D eigenvalue weighted by atomic mass is 10.2. The van der Waals surface area contributed by atoms with Gasteiger partial charge < -0.3 is 10.2 Å². The molecule has 0 aromatic heterocycles. The van der Waals surface area contributed by atoms with E-state index >= 15 is 0 Å². The van der Waals surface area contributed by atoms with Gasteiger partial charge in [-0.2, -0.15) is 0 Å². The molecule has 1 saturated heterocycles. The molecule has 2 aliphatic rings. The first-order chi connectivity index (χ1) is 12.7. The number of amides is 1. The van der Waals surface area contributed by atoms with Crippen molar-refractivity contribution < 1.29 is 9.18 Å². The zero-order valence-corrected chi connectivity index (χ0v) is 15.8. The van der Waals surface area contributed by atoms with E-state index in [1.54, 1.807) is 17.8 Å². The van der Waals surface area contributed by atoms with Crippen molar-refractivity contribution in [1.29, 1.82) is 0 Å². The Morgan fingerprint density at radius 3 is 2.69 bits per heavy atom. The summed E-state index contributed by atoms with van der Waals surface area (Å²) in [6, 6.07) is 6.99. The lowest BCUT2D eigenvalue weighted by molar-refractivity contribution is -0.117. The predicted molar refractivity (Wildman–Crippen MR) is 107 cm³/mol. The van der Waals surface area contributed by atoms with Gasteiger partial charge in [0.25, 0.3) is 0 Å². The second kappa shape index (κ2) is 9.78. The van der Waals surface area contributed by atoms with Crippen LogP contribution in [-0.4, -0.2) is 55.8 Å². The number of para-hydroxylation sites is 1. The summed E-state index contributed by atoms with van der Waals surface area (Å²) in [7, 11) is 0. The monoisotopic (exact) mass is 375 g/mol. The highest BCUT2D eigenvalue weighted by atomic mass is 32.2. The van der Waals surface area contributed by atoms with Crippen LogP contribution in [0.5, 0.6) is 0 Å². The second-order valence-electron chi connectivity index (χ2n) is 6.57. The summed E-state index contributed by atoms with van der Waals surface area (Å²) in [5.41, 5.74) is 1.56. The molecule has 0 bridgehead atoms. The van der Waals surface area contributed by atoms with Crippen molar-refractivity contribution in [2.45, 2.75) is 12.8 Å². The Labute approximate surface area is 159 Å². The third-order valence-corrected chi connectivity index (χ3v) is 5.58. The van der Waals surface area contributed by atoms with Crippen molar-refractivity contribution in [3.63, 3.8) is 0 Å². The maximum Gasteiger partial charge on any atom is 0.248 e. The molecule has 6 heteroatoms. The Morgan fingerprint density at radius 1 is 1.15 bits per heavy atom. The molecule has 3 rings (SSSR count). The lowest BCUT2D eigenvalue weighted by Crippen LogP contribution is -2.47. The smallest absolute Gasteiger partial charge is 0.248 e. The number of carbonyl (C=O) groups excluding carboxylic acids is 1. The molecule has 2 heterocycles. The first-order valence-corrected chi connectivity index (χ1v) is 10.3. The summed E-state index contributed by atoms with van der Waals surface area (Å²) < 4.78 is 13.9. The van der Waals surface area contributed by atoms with Crippen LogP contribution in [0.3, 0.4) is 0 Å². The number of carbonyl (C=O) groups is 1. The van der Waals surface area contributed by atoms with Crippen LogP contribution in [0.4, 0.5) is 10.1 Å². The molecule has 2 aliphatic heterocycles. The van der Waals surface area contributed by atoms with Crippen LogP contribution in [-0.2, 0) is 4.79 Å². The van der Waals surface area contributed by atoms with Crippen molar-refractivity contribution in [3.8, 4) is 0 Å². The minimum atomic E-state index is -0.140. The number of piperazine rings is 1. The highest BCUT2D eigenvalue weighted by Crippen LogP contribution is 2.20. The molecule has 4 nitrogen and oxygen atoms in total. The van der Waals surface area contributed by atoms with Crippen LogP contribution in [0.2, 0.25) is 0 Å². The number of hydrogen-bond acceptors (Lipinski definition) is 4. The fourth-order valence-corrected chi connectivity index (χ4v) is 3.93. The number of anilines is 1. The molecule has 1 aromatic carbocycles. The summed E-state index contributed by atoms with van der Waals surface area (Å²) in [5.74, 6) is 0.674. The molecule has 0 saturated carbocycles. The minimum Gasteiger partial charge on any atom is -0.367 e. The van der Waals surface area contributed by atoms with Crippen LogP contribution < -0.4 is 10.2 Å². The van der Waals surface area contributed by atoms with Crippen LogP contribution in [0, 0.1) is 5.82 Å². The molecule has 0 radical (unpaired) electrons. The molecule has 1 amide bonds. The maximum atomic E-state index is 13.9. The highest BCUT2D eigenvalue weighted by Gasteiger charge is 2.18. The van der Waals surface area contributed by atoms with Gasteiger partial charge in [0.2, 0.25) is 5.91 Å². The molecule has 0 spiro atoms. The van der Waals surface area contributed by atoms with Gasteiger partial charge in [0.15, 0.2) is 0 Å². The normalized spacial score (nSPS) is 17.9. The molecule has 0 aliphatic carbocycles. The Kier molecular flexibility index (Phi) is 7.14. The Hall–Kier alpha value is -1.79. The molecule has 1 fully saturated rings. The number of unbranched alkanes of at least 4 members (excludes halogenated alkanes) is 1. The molecule has 1 aromatic rings. The van der Waals surface area contributed by atoms with Crippen molar-refractivity contribution in [2.75, 3.05) is 49.9 Å². The number of thioether (sulfide) groups is 1. The predicted octanol–water partition coefficient (Wildman–Crippen LogP) is 3.03. The number of halogens is 1. The Morgan fingerprint density at radius 2 is 1.96 bits per heavy atom. The fraction of sp³-hybridized carbons (Fsp3) is 0.450. The summed E-state index contributed by atoms with van der Waals surface area (Å²) in [5, 5.41) is 5.00. The molecule has 0 unspecified atom stereocenters. The van der Waals surface area contributed by atoms with E-state index in [1.165, 1.54) is 6.07 Å². The number of benzene rings is 1. The largest absolute Gasteiger partial charge is 0.367 e. The van der Waals surface area contributed by atoms with Gasteiger partial charge in [0.1, 0.15) is 5.82 Å². The van der Waals surface area contributed by atoms with Gasteiger partial charge in [-0.1, -0.05) is 24.3 Å². The third kappa shape index (κ3) is 5.35. The van der Waals surface area contributed by atoms with Gasteiger partial charge in [0.05, 0.1) is 5.69 Å². The molecular formula is C20H26FN3OS. The average Bonchev–Trinajstić information content (AvgIpc) is 2.69. The zero-order chi connectivity index (χ0) is 18.2. The van der Waals surface area contributed by atoms with E-state index in [-0.39, 0.29) is 11.7 Å². The molecule has 0 atom stereocenters. The van der Waals surface area contributed by atoms with Gasteiger partial charge in [0, 0.05) is 44.0 Å². The van der Waals surface area contributed by atoms with Crippen LogP contribution in [0.15, 0.2) is 47.4 Å². The second-order valence-corrected chi connectivity index (χ2v) is 7.47. The van der Waals surface area contributed by atoms with E-state index in [0.29, 0.717) is 5.69 Å². The molecule has 140 valence electrons. The van der Waals surface area contributed by atoms with Crippen LogP contribution in [0.1, 0.15) is 12.8 Å². The van der Waals surface area contributed by atoms with Gasteiger partial charge >= 0.3 is 0 Å². The lowest BCUT2D eigenvalue weighted by Gasteiger charge is -2.36. The minimum absolute atomic E-state index is 0.0559. The SMILES string of the molecule is O=C(NCCCCN1CCN(c2ccccc2F)CC1)C1=CC=CSC1. The average molecular weight is 376 g/mol. The number of allylic oxidation sites excluding steroid dienone is 2. The van der Waals surface area contributed by atoms with E-state index in [0.717, 1.165) is 63.4 Å². The molecule has 1 N–H and O–H groups in total. The van der Waals surface area contributed by atoms with Crippen LogP contribution in [0.25, 0.3) is 0 Å². The number of rotatable bonds is 7. The Bertz CT molecular complexity index is 669. The first kappa shape index (κ1) is 19.0. The first-order valence-electron chi connectivity index (χ1n) is 9.21.